The average Bonchev–Trinajstić information content (AvgIpc) is 2.65. The summed E-state index contributed by atoms with van der Waals surface area (Å²) in [5.41, 5.74) is 1.29. The van der Waals surface area contributed by atoms with Crippen LogP contribution in [0.15, 0.2) is 30.3 Å². The largest absolute Gasteiger partial charge is 0.379 e. The van der Waals surface area contributed by atoms with Crippen LogP contribution in [-0.2, 0) is 20.7 Å². The normalized spacial score (nSPS) is 14.9. The predicted octanol–water partition coefficient (Wildman–Crippen LogP) is 0.964. The maximum absolute atomic E-state index is 11.8. The van der Waals surface area contributed by atoms with Gasteiger partial charge in [0.1, 0.15) is 0 Å². The van der Waals surface area contributed by atoms with Gasteiger partial charge in [-0.2, -0.15) is 0 Å². The van der Waals surface area contributed by atoms with Gasteiger partial charge in [0, 0.05) is 32.6 Å². The quantitative estimate of drug-likeness (QED) is 0.619. The van der Waals surface area contributed by atoms with Crippen molar-refractivity contribution < 1.29 is 14.3 Å². The number of rotatable bonds is 10. The number of carbonyl (C=O) groups is 2. The van der Waals surface area contributed by atoms with E-state index in [1.54, 1.807) is 0 Å². The molecule has 0 radical (unpaired) electrons. The fraction of sp³-hybridized carbons (Fsp3) is 0.579. The molecule has 0 aromatic heterocycles. The first kappa shape index (κ1) is 19.4. The number of benzene rings is 1. The van der Waals surface area contributed by atoms with Gasteiger partial charge >= 0.3 is 0 Å². The van der Waals surface area contributed by atoms with E-state index in [1.165, 1.54) is 5.56 Å². The fourth-order valence-corrected chi connectivity index (χ4v) is 2.77. The molecule has 0 atom stereocenters. The molecule has 1 aromatic rings. The van der Waals surface area contributed by atoms with E-state index in [0.29, 0.717) is 13.0 Å². The van der Waals surface area contributed by atoms with E-state index in [2.05, 4.69) is 27.7 Å². The van der Waals surface area contributed by atoms with Crippen molar-refractivity contribution >= 4 is 11.8 Å². The van der Waals surface area contributed by atoms with Gasteiger partial charge in [0.25, 0.3) is 0 Å². The molecule has 1 aliphatic heterocycles. The number of hydrogen-bond acceptors (Lipinski definition) is 4. The number of amides is 2. The summed E-state index contributed by atoms with van der Waals surface area (Å²) in [5, 5.41) is 5.52. The highest BCUT2D eigenvalue weighted by molar-refractivity contribution is 5.84. The van der Waals surface area contributed by atoms with Crippen LogP contribution < -0.4 is 10.6 Å². The van der Waals surface area contributed by atoms with Gasteiger partial charge in [0.2, 0.25) is 11.8 Å². The first-order valence-corrected chi connectivity index (χ1v) is 9.11. The lowest BCUT2D eigenvalue weighted by molar-refractivity contribution is -0.126. The second-order valence-corrected chi connectivity index (χ2v) is 6.27. The SMILES string of the molecule is O=C(CCCCc1ccccc1)NCC(=O)NCCN1CCOCC1. The van der Waals surface area contributed by atoms with E-state index in [1.807, 2.05) is 18.2 Å². The van der Waals surface area contributed by atoms with Crippen molar-refractivity contribution in [2.24, 2.45) is 0 Å². The number of hydrogen-bond donors (Lipinski definition) is 2. The lowest BCUT2D eigenvalue weighted by Crippen LogP contribution is -2.43. The fourth-order valence-electron chi connectivity index (χ4n) is 2.77. The van der Waals surface area contributed by atoms with Gasteiger partial charge in [-0.15, -0.1) is 0 Å². The predicted molar refractivity (Wildman–Crippen MR) is 97.3 cm³/mol. The molecule has 0 bridgehead atoms. The molecule has 2 amide bonds. The second kappa shape index (κ2) is 11.6. The third kappa shape index (κ3) is 8.65. The topological polar surface area (TPSA) is 70.7 Å². The van der Waals surface area contributed by atoms with Crippen LogP contribution in [0.3, 0.4) is 0 Å². The number of nitrogens with one attached hydrogen (secondary N) is 2. The monoisotopic (exact) mass is 347 g/mol. The molecule has 1 saturated heterocycles. The summed E-state index contributed by atoms with van der Waals surface area (Å²) in [6, 6.07) is 10.3. The van der Waals surface area contributed by atoms with Crippen molar-refractivity contribution in [1.82, 2.24) is 15.5 Å². The minimum Gasteiger partial charge on any atom is -0.379 e. The third-order valence-corrected chi connectivity index (χ3v) is 4.26. The van der Waals surface area contributed by atoms with Crippen LogP contribution in [0.2, 0.25) is 0 Å². The molecular weight excluding hydrogens is 318 g/mol. The van der Waals surface area contributed by atoms with Crippen molar-refractivity contribution in [1.29, 1.82) is 0 Å². The van der Waals surface area contributed by atoms with Crippen LogP contribution in [0.1, 0.15) is 24.8 Å². The van der Waals surface area contributed by atoms with Crippen molar-refractivity contribution in [3.05, 3.63) is 35.9 Å². The van der Waals surface area contributed by atoms with Gasteiger partial charge in [-0.25, -0.2) is 0 Å². The Labute approximate surface area is 149 Å². The number of morpholine rings is 1. The Kier molecular flexibility index (Phi) is 9.01. The number of unbranched alkanes of at least 4 members (excludes halogenated alkanes) is 1. The number of ether oxygens (including phenoxy) is 1. The molecule has 0 saturated carbocycles. The molecule has 2 rings (SSSR count). The molecule has 0 unspecified atom stereocenters. The Morgan fingerprint density at radius 2 is 1.76 bits per heavy atom. The van der Waals surface area contributed by atoms with Crippen molar-refractivity contribution in [3.63, 3.8) is 0 Å². The lowest BCUT2D eigenvalue weighted by atomic mass is 10.1. The van der Waals surface area contributed by atoms with Gasteiger partial charge in [-0.05, 0) is 24.8 Å². The average molecular weight is 347 g/mol. The zero-order valence-corrected chi connectivity index (χ0v) is 14.8. The van der Waals surface area contributed by atoms with E-state index < -0.39 is 0 Å². The van der Waals surface area contributed by atoms with Gasteiger partial charge in [0.15, 0.2) is 0 Å². The van der Waals surface area contributed by atoms with Crippen LogP contribution >= 0.6 is 0 Å². The highest BCUT2D eigenvalue weighted by Gasteiger charge is 2.10. The Hall–Kier alpha value is -1.92. The molecule has 1 aliphatic rings. The molecule has 0 spiro atoms. The Bertz CT molecular complexity index is 516. The Balaban J connectivity index is 1.45. The highest BCUT2D eigenvalue weighted by atomic mass is 16.5. The molecule has 6 heteroatoms. The van der Waals surface area contributed by atoms with Crippen molar-refractivity contribution in [2.45, 2.75) is 25.7 Å². The maximum atomic E-state index is 11.8. The van der Waals surface area contributed by atoms with E-state index in [-0.39, 0.29) is 18.4 Å². The molecule has 25 heavy (non-hydrogen) atoms. The zero-order valence-electron chi connectivity index (χ0n) is 14.8. The summed E-state index contributed by atoms with van der Waals surface area (Å²) in [7, 11) is 0. The van der Waals surface area contributed by atoms with Crippen LogP contribution in [0.5, 0.6) is 0 Å². The molecule has 0 aliphatic carbocycles. The lowest BCUT2D eigenvalue weighted by Gasteiger charge is -2.26. The molecule has 1 aromatic carbocycles. The molecule has 1 heterocycles. The van der Waals surface area contributed by atoms with Crippen LogP contribution in [-0.4, -0.2) is 62.7 Å². The molecule has 6 nitrogen and oxygen atoms in total. The van der Waals surface area contributed by atoms with E-state index in [9.17, 15) is 9.59 Å². The summed E-state index contributed by atoms with van der Waals surface area (Å²) in [5.74, 6) is -0.192. The number of nitrogens with zero attached hydrogens (tertiary/aromatic N) is 1. The van der Waals surface area contributed by atoms with E-state index >= 15 is 0 Å². The zero-order chi connectivity index (χ0) is 17.7. The van der Waals surface area contributed by atoms with E-state index in [4.69, 9.17) is 4.74 Å². The van der Waals surface area contributed by atoms with E-state index in [0.717, 1.165) is 52.1 Å². The van der Waals surface area contributed by atoms with Gasteiger partial charge in [0.05, 0.1) is 19.8 Å². The van der Waals surface area contributed by atoms with Crippen LogP contribution in [0, 0.1) is 0 Å². The minimum absolute atomic E-state index is 0.0562. The maximum Gasteiger partial charge on any atom is 0.239 e. The Morgan fingerprint density at radius 3 is 2.52 bits per heavy atom. The van der Waals surface area contributed by atoms with Gasteiger partial charge < -0.3 is 15.4 Å². The summed E-state index contributed by atoms with van der Waals surface area (Å²) in [4.78, 5) is 25.8. The first-order chi connectivity index (χ1) is 12.2. The van der Waals surface area contributed by atoms with Crippen LogP contribution in [0.4, 0.5) is 0 Å². The van der Waals surface area contributed by atoms with Gasteiger partial charge in [-0.1, -0.05) is 30.3 Å². The number of carbonyl (C=O) groups excluding carboxylic acids is 2. The van der Waals surface area contributed by atoms with Gasteiger partial charge in [-0.3, -0.25) is 14.5 Å². The smallest absolute Gasteiger partial charge is 0.239 e. The molecule has 2 N–H and O–H groups in total. The summed E-state index contributed by atoms with van der Waals surface area (Å²) >= 11 is 0. The van der Waals surface area contributed by atoms with Crippen LogP contribution in [0.25, 0.3) is 0 Å². The molecule has 138 valence electrons. The molecular formula is C19H29N3O3. The minimum atomic E-state index is -0.133. The third-order valence-electron chi connectivity index (χ3n) is 4.26. The molecule has 1 fully saturated rings. The van der Waals surface area contributed by atoms with Crippen molar-refractivity contribution in [3.8, 4) is 0 Å². The second-order valence-electron chi connectivity index (χ2n) is 6.27. The summed E-state index contributed by atoms with van der Waals surface area (Å²) in [6.07, 6.45) is 3.26. The summed E-state index contributed by atoms with van der Waals surface area (Å²) in [6.45, 7) is 4.82. The number of aryl methyl sites for hydroxylation is 1. The Morgan fingerprint density at radius 1 is 1.00 bits per heavy atom. The standard InChI is InChI=1S/C19H29N3O3/c23-18(9-5-4-8-17-6-2-1-3-7-17)21-16-19(24)20-10-11-22-12-14-25-15-13-22/h1-3,6-7H,4-5,8-16H2,(H,20,24)(H,21,23). The highest BCUT2D eigenvalue weighted by Crippen LogP contribution is 2.05. The summed E-state index contributed by atoms with van der Waals surface area (Å²) < 4.78 is 5.28. The van der Waals surface area contributed by atoms with Crippen molar-refractivity contribution in [2.75, 3.05) is 45.9 Å². The first-order valence-electron chi connectivity index (χ1n) is 9.11.